The highest BCUT2D eigenvalue weighted by Gasteiger charge is 2.21. The second-order valence-corrected chi connectivity index (χ2v) is 6.73. The van der Waals surface area contributed by atoms with Crippen LogP contribution in [0.4, 0.5) is 0 Å². The number of aromatic nitrogens is 1. The van der Waals surface area contributed by atoms with E-state index >= 15 is 0 Å². The van der Waals surface area contributed by atoms with Crippen molar-refractivity contribution in [2.24, 2.45) is 11.1 Å². The number of ether oxygens (including phenoxy) is 1. The van der Waals surface area contributed by atoms with Gasteiger partial charge in [-0.3, -0.25) is 4.79 Å². The summed E-state index contributed by atoms with van der Waals surface area (Å²) in [6.45, 7) is 3.90. The summed E-state index contributed by atoms with van der Waals surface area (Å²) in [5, 5.41) is 7.79. The van der Waals surface area contributed by atoms with E-state index in [2.05, 4.69) is 5.32 Å². The highest BCUT2D eigenvalue weighted by molar-refractivity contribution is 7.89. The Labute approximate surface area is 124 Å². The smallest absolute Gasteiger partial charge is 0.268 e. The first-order chi connectivity index (χ1) is 9.91. The molecular formula is C13H21N3O4S. The number of primary sulfonamides is 1. The molecule has 0 aliphatic heterocycles. The molecule has 1 heterocycles. The van der Waals surface area contributed by atoms with E-state index in [9.17, 15) is 13.2 Å². The van der Waals surface area contributed by atoms with E-state index in [1.54, 1.807) is 4.57 Å². The van der Waals surface area contributed by atoms with Crippen molar-refractivity contribution in [2.75, 3.05) is 19.8 Å². The third-order valence-corrected chi connectivity index (χ3v) is 4.24. The van der Waals surface area contributed by atoms with Crippen LogP contribution in [0.3, 0.4) is 0 Å². The van der Waals surface area contributed by atoms with Gasteiger partial charge >= 0.3 is 0 Å². The van der Waals surface area contributed by atoms with Crippen LogP contribution in [0, 0.1) is 5.92 Å². The molecule has 0 aromatic carbocycles. The Kier molecular flexibility index (Phi) is 5.02. The lowest BCUT2D eigenvalue weighted by Gasteiger charge is -2.08. The molecule has 118 valence electrons. The molecule has 0 saturated heterocycles. The molecule has 1 amide bonds. The van der Waals surface area contributed by atoms with E-state index in [0.717, 1.165) is 6.61 Å². The quantitative estimate of drug-likeness (QED) is 0.674. The summed E-state index contributed by atoms with van der Waals surface area (Å²) >= 11 is 0. The van der Waals surface area contributed by atoms with Gasteiger partial charge in [0.25, 0.3) is 5.91 Å². The average molecular weight is 315 g/mol. The van der Waals surface area contributed by atoms with Crippen molar-refractivity contribution in [1.29, 1.82) is 0 Å². The fourth-order valence-electron chi connectivity index (χ4n) is 1.95. The SMILES string of the molecule is CCn1cc(S(N)(=O)=O)cc1C(=O)NCCOCC1CC1. The van der Waals surface area contributed by atoms with Crippen molar-refractivity contribution in [3.63, 3.8) is 0 Å². The Hall–Kier alpha value is -1.38. The summed E-state index contributed by atoms with van der Waals surface area (Å²) in [5.74, 6) is 0.358. The molecule has 1 aromatic rings. The van der Waals surface area contributed by atoms with Gasteiger partial charge in [0.2, 0.25) is 10.0 Å². The van der Waals surface area contributed by atoms with Crippen LogP contribution in [0.2, 0.25) is 0 Å². The molecule has 0 unspecified atom stereocenters. The molecule has 1 aromatic heterocycles. The molecule has 8 heteroatoms. The van der Waals surface area contributed by atoms with Crippen LogP contribution in [-0.4, -0.2) is 38.7 Å². The van der Waals surface area contributed by atoms with Crippen molar-refractivity contribution in [2.45, 2.75) is 31.2 Å². The number of hydrogen-bond donors (Lipinski definition) is 2. The Bertz CT molecular complexity index is 605. The topological polar surface area (TPSA) is 103 Å². The molecule has 1 aliphatic rings. The molecule has 7 nitrogen and oxygen atoms in total. The predicted molar refractivity (Wildman–Crippen MR) is 77.4 cm³/mol. The third-order valence-electron chi connectivity index (χ3n) is 3.36. The van der Waals surface area contributed by atoms with Crippen molar-refractivity contribution in [3.8, 4) is 0 Å². The summed E-state index contributed by atoms with van der Waals surface area (Å²) in [4.78, 5) is 12.0. The summed E-state index contributed by atoms with van der Waals surface area (Å²) in [7, 11) is -3.81. The average Bonchev–Trinajstić information content (AvgIpc) is 3.12. The van der Waals surface area contributed by atoms with Gasteiger partial charge in [0.15, 0.2) is 0 Å². The molecular weight excluding hydrogens is 294 g/mol. The normalized spacial score (nSPS) is 15.1. The summed E-state index contributed by atoms with van der Waals surface area (Å²) in [6, 6.07) is 1.29. The minimum Gasteiger partial charge on any atom is -0.379 e. The van der Waals surface area contributed by atoms with E-state index in [1.165, 1.54) is 25.1 Å². The van der Waals surface area contributed by atoms with Crippen LogP contribution in [0.5, 0.6) is 0 Å². The van der Waals surface area contributed by atoms with Crippen molar-refractivity contribution in [1.82, 2.24) is 9.88 Å². The van der Waals surface area contributed by atoms with Gasteiger partial charge in [-0.05, 0) is 31.7 Å². The Morgan fingerprint density at radius 1 is 1.52 bits per heavy atom. The predicted octanol–water partition coefficient (Wildman–Crippen LogP) is 0.312. The van der Waals surface area contributed by atoms with Crippen LogP contribution in [0.1, 0.15) is 30.3 Å². The standard InChI is InChI=1S/C13H21N3O4S/c1-2-16-8-11(21(14,18)19)7-12(16)13(17)15-5-6-20-9-10-3-4-10/h7-8,10H,2-6,9H2,1H3,(H,15,17)(H2,14,18,19). The number of rotatable bonds is 8. The van der Waals surface area contributed by atoms with Crippen LogP contribution < -0.4 is 10.5 Å². The first-order valence-corrected chi connectivity index (χ1v) is 8.55. The molecule has 0 bridgehead atoms. The maximum atomic E-state index is 12.1. The highest BCUT2D eigenvalue weighted by Crippen LogP contribution is 2.28. The zero-order chi connectivity index (χ0) is 15.5. The number of carbonyl (C=O) groups excluding carboxylic acids is 1. The Balaban J connectivity index is 1.89. The zero-order valence-corrected chi connectivity index (χ0v) is 12.9. The highest BCUT2D eigenvalue weighted by atomic mass is 32.2. The van der Waals surface area contributed by atoms with Crippen molar-refractivity contribution in [3.05, 3.63) is 18.0 Å². The van der Waals surface area contributed by atoms with E-state index in [4.69, 9.17) is 9.88 Å². The third kappa shape index (κ3) is 4.55. The largest absolute Gasteiger partial charge is 0.379 e. The first-order valence-electron chi connectivity index (χ1n) is 7.00. The second-order valence-electron chi connectivity index (χ2n) is 5.17. The molecule has 1 aliphatic carbocycles. The summed E-state index contributed by atoms with van der Waals surface area (Å²) < 4.78 is 29.6. The molecule has 0 spiro atoms. The lowest BCUT2D eigenvalue weighted by atomic mass is 10.4. The molecule has 0 radical (unpaired) electrons. The summed E-state index contributed by atoms with van der Waals surface area (Å²) in [6.07, 6.45) is 3.83. The number of nitrogens with one attached hydrogen (secondary N) is 1. The molecule has 1 fully saturated rings. The van der Waals surface area contributed by atoms with Gasteiger partial charge in [-0.1, -0.05) is 0 Å². The van der Waals surface area contributed by atoms with Gasteiger partial charge in [-0.15, -0.1) is 0 Å². The number of nitrogens with two attached hydrogens (primary N) is 1. The summed E-state index contributed by atoms with van der Waals surface area (Å²) in [5.41, 5.74) is 0.281. The van der Waals surface area contributed by atoms with Crippen LogP contribution in [0.15, 0.2) is 17.2 Å². The lowest BCUT2D eigenvalue weighted by molar-refractivity contribution is 0.0898. The zero-order valence-electron chi connectivity index (χ0n) is 12.0. The minimum atomic E-state index is -3.81. The van der Waals surface area contributed by atoms with Gasteiger partial charge in [0.05, 0.1) is 6.61 Å². The first kappa shape index (κ1) is 16.0. The van der Waals surface area contributed by atoms with E-state index in [0.29, 0.717) is 25.6 Å². The fraction of sp³-hybridized carbons (Fsp3) is 0.615. The van der Waals surface area contributed by atoms with Crippen molar-refractivity contribution < 1.29 is 17.9 Å². The van der Waals surface area contributed by atoms with Gasteiger partial charge in [-0.25, -0.2) is 13.6 Å². The maximum Gasteiger partial charge on any atom is 0.268 e. The van der Waals surface area contributed by atoms with Crippen LogP contribution in [-0.2, 0) is 21.3 Å². The number of amides is 1. The Morgan fingerprint density at radius 3 is 2.81 bits per heavy atom. The van der Waals surface area contributed by atoms with E-state index < -0.39 is 10.0 Å². The maximum absolute atomic E-state index is 12.1. The van der Waals surface area contributed by atoms with Crippen LogP contribution in [0.25, 0.3) is 0 Å². The van der Waals surface area contributed by atoms with Crippen molar-refractivity contribution >= 4 is 15.9 Å². The van der Waals surface area contributed by atoms with Gasteiger partial charge in [0.1, 0.15) is 10.6 Å². The number of hydrogen-bond acceptors (Lipinski definition) is 4. The number of nitrogens with zero attached hydrogens (tertiary/aromatic N) is 1. The van der Waals surface area contributed by atoms with E-state index in [-0.39, 0.29) is 16.5 Å². The van der Waals surface area contributed by atoms with Crippen LogP contribution >= 0.6 is 0 Å². The lowest BCUT2D eigenvalue weighted by Crippen LogP contribution is -2.29. The fourth-order valence-corrected chi connectivity index (χ4v) is 2.50. The van der Waals surface area contributed by atoms with Gasteiger partial charge < -0.3 is 14.6 Å². The second kappa shape index (κ2) is 6.59. The molecule has 21 heavy (non-hydrogen) atoms. The Morgan fingerprint density at radius 2 is 2.24 bits per heavy atom. The molecule has 0 atom stereocenters. The molecule has 1 saturated carbocycles. The van der Waals surface area contributed by atoms with E-state index in [1.807, 2.05) is 6.92 Å². The number of aryl methyl sites for hydroxylation is 1. The van der Waals surface area contributed by atoms with Gasteiger partial charge in [0, 0.05) is 25.9 Å². The number of carbonyl (C=O) groups is 1. The molecule has 3 N–H and O–H groups in total. The van der Waals surface area contributed by atoms with Gasteiger partial charge in [-0.2, -0.15) is 0 Å². The minimum absolute atomic E-state index is 0.0560. The monoisotopic (exact) mass is 315 g/mol. The molecule has 2 rings (SSSR count). The number of sulfonamides is 1.